The zero-order valence-corrected chi connectivity index (χ0v) is 15.9. The second-order valence-electron chi connectivity index (χ2n) is 5.77. The van der Waals surface area contributed by atoms with E-state index >= 15 is 0 Å². The van der Waals surface area contributed by atoms with Crippen molar-refractivity contribution in [2.75, 3.05) is 7.11 Å². The molecule has 28 heavy (non-hydrogen) atoms. The fraction of sp³-hybridized carbons (Fsp3) is 0.0952. The number of hydrogen-bond acceptors (Lipinski definition) is 5. The fourth-order valence-corrected chi connectivity index (χ4v) is 2.48. The van der Waals surface area contributed by atoms with Gasteiger partial charge < -0.3 is 9.47 Å². The van der Waals surface area contributed by atoms with E-state index in [1.807, 2.05) is 30.3 Å². The highest BCUT2D eigenvalue weighted by atomic mass is 35.5. The molecule has 142 valence electrons. The van der Waals surface area contributed by atoms with Gasteiger partial charge in [0.1, 0.15) is 6.61 Å². The van der Waals surface area contributed by atoms with Crippen LogP contribution in [0.3, 0.4) is 0 Å². The number of carbonyl (C=O) groups is 1. The quantitative estimate of drug-likeness (QED) is 0.483. The van der Waals surface area contributed by atoms with Gasteiger partial charge in [-0.3, -0.25) is 9.78 Å². The molecule has 0 unspecified atom stereocenters. The number of nitrogens with one attached hydrogen (secondary N) is 1. The molecule has 0 fully saturated rings. The number of aromatic nitrogens is 1. The van der Waals surface area contributed by atoms with Crippen molar-refractivity contribution in [2.45, 2.75) is 6.61 Å². The molecule has 6 nitrogen and oxygen atoms in total. The molecule has 1 heterocycles. The number of methoxy groups -OCH3 is 1. The van der Waals surface area contributed by atoms with E-state index in [2.05, 4.69) is 15.5 Å². The summed E-state index contributed by atoms with van der Waals surface area (Å²) in [6.45, 7) is 0.391. The molecule has 0 aliphatic carbocycles. The lowest BCUT2D eigenvalue weighted by atomic mass is 10.2. The number of halogens is 1. The Labute approximate surface area is 167 Å². The standard InChI is InChI=1S/C21H18ClN3O3/c1-27-20-11-16(12-24-25-21(26)17-3-2-10-23-13-17)6-9-19(20)28-14-15-4-7-18(22)8-5-15/h2-13H,14H2,1H3,(H,25,26)/b24-12+. The lowest BCUT2D eigenvalue weighted by Gasteiger charge is -2.11. The molecular weight excluding hydrogens is 378 g/mol. The summed E-state index contributed by atoms with van der Waals surface area (Å²) in [6.07, 6.45) is 4.60. The Morgan fingerprint density at radius 3 is 2.71 bits per heavy atom. The first-order chi connectivity index (χ1) is 13.7. The Hall–Kier alpha value is -3.38. The first-order valence-electron chi connectivity index (χ1n) is 8.44. The maximum atomic E-state index is 11.9. The van der Waals surface area contributed by atoms with E-state index in [0.717, 1.165) is 11.1 Å². The van der Waals surface area contributed by atoms with E-state index < -0.39 is 0 Å². The van der Waals surface area contributed by atoms with E-state index in [9.17, 15) is 4.79 Å². The van der Waals surface area contributed by atoms with Crippen molar-refractivity contribution < 1.29 is 14.3 Å². The summed E-state index contributed by atoms with van der Waals surface area (Å²) >= 11 is 5.89. The van der Waals surface area contributed by atoms with Crippen molar-refractivity contribution in [1.82, 2.24) is 10.4 Å². The number of carbonyl (C=O) groups excluding carboxylic acids is 1. The normalized spacial score (nSPS) is 10.6. The van der Waals surface area contributed by atoms with Crippen LogP contribution in [0.15, 0.2) is 72.1 Å². The number of pyridine rings is 1. The van der Waals surface area contributed by atoms with Gasteiger partial charge in [-0.15, -0.1) is 0 Å². The number of amides is 1. The predicted molar refractivity (Wildman–Crippen MR) is 108 cm³/mol. The van der Waals surface area contributed by atoms with Crippen LogP contribution in [0, 0.1) is 0 Å². The molecule has 3 aromatic rings. The zero-order chi connectivity index (χ0) is 19.8. The summed E-state index contributed by atoms with van der Waals surface area (Å²) < 4.78 is 11.2. The molecule has 2 aromatic carbocycles. The summed E-state index contributed by atoms with van der Waals surface area (Å²) in [5.74, 6) is 0.838. The Morgan fingerprint density at radius 2 is 2.00 bits per heavy atom. The van der Waals surface area contributed by atoms with Gasteiger partial charge >= 0.3 is 0 Å². The van der Waals surface area contributed by atoms with Crippen LogP contribution in [-0.2, 0) is 6.61 Å². The van der Waals surface area contributed by atoms with Crippen LogP contribution in [0.1, 0.15) is 21.5 Å². The number of ether oxygens (including phenoxy) is 2. The van der Waals surface area contributed by atoms with Crippen molar-refractivity contribution >= 4 is 23.7 Å². The molecule has 0 aliphatic rings. The molecule has 7 heteroatoms. The van der Waals surface area contributed by atoms with Gasteiger partial charge in [-0.1, -0.05) is 23.7 Å². The summed E-state index contributed by atoms with van der Waals surface area (Å²) in [5.41, 5.74) is 4.64. The van der Waals surface area contributed by atoms with E-state index in [0.29, 0.717) is 28.7 Å². The minimum Gasteiger partial charge on any atom is -0.493 e. The highest BCUT2D eigenvalue weighted by molar-refractivity contribution is 6.30. The zero-order valence-electron chi connectivity index (χ0n) is 15.1. The molecule has 1 aromatic heterocycles. The largest absolute Gasteiger partial charge is 0.493 e. The van der Waals surface area contributed by atoms with Gasteiger partial charge in [0.15, 0.2) is 11.5 Å². The van der Waals surface area contributed by atoms with E-state index in [1.54, 1.807) is 37.6 Å². The number of rotatable bonds is 7. The van der Waals surface area contributed by atoms with Crippen molar-refractivity contribution in [2.24, 2.45) is 5.10 Å². The Morgan fingerprint density at radius 1 is 1.18 bits per heavy atom. The van der Waals surface area contributed by atoms with Crippen molar-refractivity contribution in [3.05, 3.63) is 88.7 Å². The number of nitrogens with zero attached hydrogens (tertiary/aromatic N) is 2. The maximum Gasteiger partial charge on any atom is 0.272 e. The SMILES string of the molecule is COc1cc(/C=N/NC(=O)c2cccnc2)ccc1OCc1ccc(Cl)cc1. The van der Waals surface area contributed by atoms with Gasteiger partial charge in [-0.2, -0.15) is 5.10 Å². The molecule has 1 N–H and O–H groups in total. The third-order valence-electron chi connectivity index (χ3n) is 3.80. The molecule has 3 rings (SSSR count). The van der Waals surface area contributed by atoms with Crippen LogP contribution in [0.4, 0.5) is 0 Å². The molecule has 1 amide bonds. The van der Waals surface area contributed by atoms with Crippen LogP contribution < -0.4 is 14.9 Å². The van der Waals surface area contributed by atoms with Gasteiger partial charge in [-0.05, 0) is 53.6 Å². The predicted octanol–water partition coefficient (Wildman–Crippen LogP) is 4.09. The lowest BCUT2D eigenvalue weighted by molar-refractivity contribution is 0.0955. The second-order valence-corrected chi connectivity index (χ2v) is 6.20. The highest BCUT2D eigenvalue weighted by Gasteiger charge is 2.06. The number of hydrogen-bond donors (Lipinski definition) is 1. The molecule has 0 aliphatic heterocycles. The van der Waals surface area contributed by atoms with Crippen LogP contribution >= 0.6 is 11.6 Å². The third-order valence-corrected chi connectivity index (χ3v) is 4.05. The van der Waals surface area contributed by atoms with Crippen molar-refractivity contribution in [3.8, 4) is 11.5 Å². The van der Waals surface area contributed by atoms with Gasteiger partial charge in [-0.25, -0.2) is 5.43 Å². The second kappa shape index (κ2) is 9.53. The molecule has 0 radical (unpaired) electrons. The minimum absolute atomic E-state index is 0.334. The topological polar surface area (TPSA) is 72.8 Å². The third kappa shape index (κ3) is 5.31. The average molecular weight is 396 g/mol. The Kier molecular flexibility index (Phi) is 6.59. The highest BCUT2D eigenvalue weighted by Crippen LogP contribution is 2.28. The van der Waals surface area contributed by atoms with Gasteiger partial charge in [0.25, 0.3) is 5.91 Å². The van der Waals surface area contributed by atoms with Gasteiger partial charge in [0.05, 0.1) is 18.9 Å². The van der Waals surface area contributed by atoms with Crippen LogP contribution in [0.5, 0.6) is 11.5 Å². The summed E-state index contributed by atoms with van der Waals surface area (Å²) in [4.78, 5) is 15.8. The summed E-state index contributed by atoms with van der Waals surface area (Å²) in [7, 11) is 1.57. The van der Waals surface area contributed by atoms with Crippen LogP contribution in [0.25, 0.3) is 0 Å². The van der Waals surface area contributed by atoms with Crippen molar-refractivity contribution in [1.29, 1.82) is 0 Å². The minimum atomic E-state index is -0.334. The molecular formula is C21H18ClN3O3. The van der Waals surface area contributed by atoms with Crippen LogP contribution in [0.2, 0.25) is 5.02 Å². The molecule has 0 bridgehead atoms. The first kappa shape index (κ1) is 19.4. The number of hydrazone groups is 1. The summed E-state index contributed by atoms with van der Waals surface area (Å²) in [6, 6.07) is 16.2. The van der Waals surface area contributed by atoms with Gasteiger partial charge in [0.2, 0.25) is 0 Å². The molecule has 0 saturated heterocycles. The van der Waals surface area contributed by atoms with Crippen LogP contribution in [-0.4, -0.2) is 24.2 Å². The molecule has 0 spiro atoms. The maximum absolute atomic E-state index is 11.9. The Balaban J connectivity index is 1.62. The first-order valence-corrected chi connectivity index (χ1v) is 8.82. The Bertz CT molecular complexity index is 960. The van der Waals surface area contributed by atoms with Gasteiger partial charge in [0, 0.05) is 17.4 Å². The molecule has 0 atom stereocenters. The monoisotopic (exact) mass is 395 g/mol. The fourth-order valence-electron chi connectivity index (χ4n) is 2.35. The van der Waals surface area contributed by atoms with Crippen molar-refractivity contribution in [3.63, 3.8) is 0 Å². The summed E-state index contributed by atoms with van der Waals surface area (Å²) in [5, 5.41) is 4.64. The lowest BCUT2D eigenvalue weighted by Crippen LogP contribution is -2.17. The average Bonchev–Trinajstić information content (AvgIpc) is 2.74. The number of benzene rings is 2. The smallest absolute Gasteiger partial charge is 0.272 e. The molecule has 0 saturated carbocycles. The van der Waals surface area contributed by atoms with E-state index in [-0.39, 0.29) is 5.91 Å². The van der Waals surface area contributed by atoms with E-state index in [1.165, 1.54) is 12.4 Å². The van der Waals surface area contributed by atoms with E-state index in [4.69, 9.17) is 21.1 Å².